The van der Waals surface area contributed by atoms with Crippen LogP contribution in [0.25, 0.3) is 87.3 Å². The van der Waals surface area contributed by atoms with Crippen LogP contribution >= 0.6 is 11.3 Å². The van der Waals surface area contributed by atoms with Crippen molar-refractivity contribution in [1.82, 2.24) is 24.1 Å². The molecule has 0 unspecified atom stereocenters. The van der Waals surface area contributed by atoms with Crippen molar-refractivity contribution in [2.45, 2.75) is 0 Å². The highest BCUT2D eigenvalue weighted by Crippen LogP contribution is 2.42. The van der Waals surface area contributed by atoms with Crippen molar-refractivity contribution in [3.63, 3.8) is 0 Å². The van der Waals surface area contributed by atoms with Crippen molar-refractivity contribution in [3.8, 4) is 34.4 Å². The number of fused-ring (bicyclic) bond motifs is 8. The lowest BCUT2D eigenvalue weighted by Gasteiger charge is -2.11. The number of hydrogen-bond donors (Lipinski definition) is 0. The molecule has 6 heteroatoms. The van der Waals surface area contributed by atoms with E-state index in [9.17, 15) is 0 Å². The van der Waals surface area contributed by atoms with Crippen LogP contribution in [0.3, 0.4) is 0 Å². The zero-order valence-corrected chi connectivity index (χ0v) is 25.9. The molecule has 0 aliphatic rings. The predicted octanol–water partition coefficient (Wildman–Crippen LogP) is 10.6. The first-order chi connectivity index (χ1) is 23.3. The van der Waals surface area contributed by atoms with E-state index in [0.29, 0.717) is 17.6 Å². The second-order valence-electron chi connectivity index (χ2n) is 11.7. The largest absolute Gasteiger partial charge is 0.316 e. The van der Waals surface area contributed by atoms with Crippen molar-refractivity contribution in [3.05, 3.63) is 152 Å². The second-order valence-corrected chi connectivity index (χ2v) is 12.8. The van der Waals surface area contributed by atoms with Gasteiger partial charge >= 0.3 is 0 Å². The van der Waals surface area contributed by atoms with Gasteiger partial charge in [0.2, 0.25) is 5.95 Å². The number of aromatic nitrogens is 5. The molecule has 0 aliphatic carbocycles. The molecule has 0 fully saturated rings. The number of rotatable bonds is 4. The topological polar surface area (TPSA) is 48.5 Å². The first-order valence-electron chi connectivity index (χ1n) is 15.6. The molecule has 0 aliphatic heterocycles. The van der Waals surface area contributed by atoms with Crippen LogP contribution in [-0.2, 0) is 0 Å². The summed E-state index contributed by atoms with van der Waals surface area (Å²) >= 11 is 1.82. The Morgan fingerprint density at radius 1 is 0.447 bits per heavy atom. The second kappa shape index (κ2) is 10.2. The fraction of sp³-hybridized carbons (Fsp3) is 0. The van der Waals surface area contributed by atoms with E-state index >= 15 is 0 Å². The van der Waals surface area contributed by atoms with Gasteiger partial charge in [-0.1, -0.05) is 103 Å². The van der Waals surface area contributed by atoms with Crippen molar-refractivity contribution >= 4 is 64.2 Å². The average molecular weight is 620 g/mol. The molecule has 0 spiro atoms. The predicted molar refractivity (Wildman–Crippen MR) is 195 cm³/mol. The van der Waals surface area contributed by atoms with Gasteiger partial charge in [0.25, 0.3) is 0 Å². The average Bonchev–Trinajstić information content (AvgIpc) is 3.83. The summed E-state index contributed by atoms with van der Waals surface area (Å²) in [4.78, 5) is 15.4. The maximum atomic E-state index is 5.20. The van der Waals surface area contributed by atoms with Gasteiger partial charge in [-0.3, -0.25) is 4.57 Å². The molecule has 0 saturated carbocycles. The molecule has 4 heterocycles. The smallest absolute Gasteiger partial charge is 0.238 e. The van der Waals surface area contributed by atoms with Gasteiger partial charge in [-0.2, -0.15) is 9.97 Å². The molecule has 0 bridgehead atoms. The molecule has 0 atom stereocenters. The third kappa shape index (κ3) is 4.05. The lowest BCUT2D eigenvalue weighted by molar-refractivity contribution is 0.955. The van der Waals surface area contributed by atoms with Crippen LogP contribution in [0.5, 0.6) is 0 Å². The highest BCUT2D eigenvalue weighted by molar-refractivity contribution is 7.25. The van der Waals surface area contributed by atoms with E-state index < -0.39 is 0 Å². The van der Waals surface area contributed by atoms with E-state index in [1.54, 1.807) is 0 Å². The van der Waals surface area contributed by atoms with Gasteiger partial charge in [0, 0.05) is 59.3 Å². The summed E-state index contributed by atoms with van der Waals surface area (Å²) in [5.74, 6) is 1.88. The third-order valence-electron chi connectivity index (χ3n) is 9.02. The van der Waals surface area contributed by atoms with Crippen LogP contribution < -0.4 is 0 Å². The molecule has 10 rings (SSSR count). The van der Waals surface area contributed by atoms with Crippen molar-refractivity contribution in [2.24, 2.45) is 0 Å². The molecular formula is C41H25N5S. The van der Waals surface area contributed by atoms with Crippen LogP contribution in [-0.4, -0.2) is 24.1 Å². The van der Waals surface area contributed by atoms with E-state index in [1.165, 1.54) is 30.9 Å². The summed E-state index contributed by atoms with van der Waals surface area (Å²) in [5, 5.41) is 6.03. The number of nitrogens with zero attached hydrogens (tertiary/aromatic N) is 5. The minimum Gasteiger partial charge on any atom is -0.316 e. The summed E-state index contributed by atoms with van der Waals surface area (Å²) in [6.45, 7) is 0. The molecule has 0 radical (unpaired) electrons. The summed E-state index contributed by atoms with van der Waals surface area (Å²) in [7, 11) is 0. The van der Waals surface area contributed by atoms with E-state index in [4.69, 9.17) is 15.0 Å². The number of hydrogen-bond acceptors (Lipinski definition) is 4. The number of thiophene rings is 1. The maximum absolute atomic E-state index is 5.20. The Morgan fingerprint density at radius 2 is 1.11 bits per heavy atom. The van der Waals surface area contributed by atoms with Crippen LogP contribution in [0.15, 0.2) is 152 Å². The molecule has 4 aromatic heterocycles. The zero-order valence-electron chi connectivity index (χ0n) is 25.1. The first kappa shape index (κ1) is 26.1. The standard InChI is InChI=1S/C41H25N5S/c1-4-12-26(13-5-1)39-42-40(27-14-6-2-7-15-27)44-41(43-39)46-35-25-37-33(29-18-10-11-19-36(29)47-37)24-32(35)30-20-21-34-31(38(30)46)22-23-45(34)28-16-8-3-9-17-28/h1-25H. The van der Waals surface area contributed by atoms with Crippen LogP contribution in [0.4, 0.5) is 0 Å². The molecule has 0 N–H and O–H groups in total. The lowest BCUT2D eigenvalue weighted by Crippen LogP contribution is -2.06. The SMILES string of the molecule is c1ccc(-c2nc(-c3ccccc3)nc(-n3c4cc5sc6ccccc6c5cc4c4ccc5c(ccn5-c5ccccc5)c43)n2)cc1. The maximum Gasteiger partial charge on any atom is 0.238 e. The van der Waals surface area contributed by atoms with E-state index in [-0.39, 0.29) is 0 Å². The van der Waals surface area contributed by atoms with Crippen LogP contribution in [0.2, 0.25) is 0 Å². The quantitative estimate of drug-likeness (QED) is 0.197. The van der Waals surface area contributed by atoms with Crippen LogP contribution in [0.1, 0.15) is 0 Å². The highest BCUT2D eigenvalue weighted by Gasteiger charge is 2.22. The van der Waals surface area contributed by atoms with Crippen LogP contribution in [0, 0.1) is 0 Å². The van der Waals surface area contributed by atoms with E-state index in [2.05, 4.69) is 125 Å². The van der Waals surface area contributed by atoms with Gasteiger partial charge in [-0.25, -0.2) is 4.98 Å². The van der Waals surface area contributed by atoms with Gasteiger partial charge in [-0.05, 0) is 42.5 Å². The molecular weight excluding hydrogens is 595 g/mol. The fourth-order valence-corrected chi connectivity index (χ4v) is 7.98. The number of benzene rings is 6. The van der Waals surface area contributed by atoms with E-state index in [1.807, 2.05) is 47.7 Å². The minimum absolute atomic E-state index is 0.595. The monoisotopic (exact) mass is 619 g/mol. The molecule has 5 nitrogen and oxygen atoms in total. The Labute approximate surface area is 273 Å². The highest BCUT2D eigenvalue weighted by atomic mass is 32.1. The number of para-hydroxylation sites is 1. The van der Waals surface area contributed by atoms with Gasteiger partial charge < -0.3 is 4.57 Å². The Hall–Kier alpha value is -6.11. The van der Waals surface area contributed by atoms with Crippen molar-refractivity contribution < 1.29 is 0 Å². The Balaban J connectivity index is 1.35. The van der Waals surface area contributed by atoms with Gasteiger partial charge in [-0.15, -0.1) is 11.3 Å². The van der Waals surface area contributed by atoms with Crippen molar-refractivity contribution in [2.75, 3.05) is 0 Å². The third-order valence-corrected chi connectivity index (χ3v) is 10.1. The molecule has 0 amide bonds. The molecule has 47 heavy (non-hydrogen) atoms. The normalized spacial score (nSPS) is 11.8. The van der Waals surface area contributed by atoms with Gasteiger partial charge in [0.05, 0.1) is 16.6 Å². The summed E-state index contributed by atoms with van der Waals surface area (Å²) in [5.41, 5.74) is 6.29. The van der Waals surface area contributed by atoms with Gasteiger partial charge in [0.15, 0.2) is 11.6 Å². The molecule has 10 aromatic rings. The Bertz CT molecular complexity index is 2720. The fourth-order valence-electron chi connectivity index (χ4n) is 6.86. The van der Waals surface area contributed by atoms with Gasteiger partial charge in [0.1, 0.15) is 0 Å². The Morgan fingerprint density at radius 3 is 1.83 bits per heavy atom. The Kier molecular flexibility index (Phi) is 5.68. The summed E-state index contributed by atoms with van der Waals surface area (Å²) in [6.07, 6.45) is 2.16. The first-order valence-corrected chi connectivity index (χ1v) is 16.4. The lowest BCUT2D eigenvalue weighted by atomic mass is 10.1. The molecule has 6 aromatic carbocycles. The summed E-state index contributed by atoms with van der Waals surface area (Å²) in [6, 6.07) is 50.9. The minimum atomic E-state index is 0.595. The molecule has 0 saturated heterocycles. The zero-order chi connectivity index (χ0) is 30.9. The summed E-state index contributed by atoms with van der Waals surface area (Å²) < 4.78 is 7.03. The molecule has 220 valence electrons. The van der Waals surface area contributed by atoms with E-state index in [0.717, 1.165) is 38.8 Å². The van der Waals surface area contributed by atoms with Crippen molar-refractivity contribution in [1.29, 1.82) is 0 Å².